The number of carbonyl (C=O) groups excluding carboxylic acids is 1. The van der Waals surface area contributed by atoms with Crippen molar-refractivity contribution in [2.45, 2.75) is 11.4 Å². The second-order valence-electron chi connectivity index (χ2n) is 6.68. The zero-order chi connectivity index (χ0) is 20.9. The summed E-state index contributed by atoms with van der Waals surface area (Å²) in [6.45, 7) is 0.454. The summed E-state index contributed by atoms with van der Waals surface area (Å²) in [7, 11) is 1.91. The van der Waals surface area contributed by atoms with Crippen molar-refractivity contribution < 1.29 is 4.79 Å². The topological polar surface area (TPSA) is 48.8 Å². The van der Waals surface area contributed by atoms with Crippen molar-refractivity contribution in [2.75, 3.05) is 11.9 Å². The van der Waals surface area contributed by atoms with Gasteiger partial charge in [0, 0.05) is 24.3 Å². The van der Waals surface area contributed by atoms with Gasteiger partial charge in [-0.25, -0.2) is 4.99 Å². The van der Waals surface area contributed by atoms with Crippen LogP contribution in [0.2, 0.25) is 0 Å². The van der Waals surface area contributed by atoms with Gasteiger partial charge in [0.2, 0.25) is 0 Å². The highest BCUT2D eigenvalue weighted by atomic mass is 32.2. The average Bonchev–Trinajstić information content (AvgIpc) is 3.04. The summed E-state index contributed by atoms with van der Waals surface area (Å²) in [5.74, 6) is -0.0741. The number of rotatable bonds is 5. The van der Waals surface area contributed by atoms with Crippen molar-refractivity contribution in [1.29, 1.82) is 0 Å². The fraction of sp³-hybridized carbons (Fsp3) is 0.0870. The van der Waals surface area contributed by atoms with Crippen LogP contribution in [-0.2, 0) is 11.3 Å². The number of carbonyl (C=O) groups is 1. The number of benzene rings is 2. The number of anilines is 1. The highest BCUT2D eigenvalue weighted by molar-refractivity contribution is 8.18. The van der Waals surface area contributed by atoms with Gasteiger partial charge in [-0.2, -0.15) is 0 Å². The molecule has 1 fully saturated rings. The normalized spacial score (nSPS) is 16.5. The van der Waals surface area contributed by atoms with E-state index in [4.69, 9.17) is 0 Å². The number of pyridine rings is 1. The van der Waals surface area contributed by atoms with E-state index < -0.39 is 0 Å². The largest absolute Gasteiger partial charge is 0.349 e. The lowest BCUT2D eigenvalue weighted by Gasteiger charge is -2.17. The minimum Gasteiger partial charge on any atom is -0.349 e. The average molecular weight is 433 g/mol. The minimum absolute atomic E-state index is 0.0741. The van der Waals surface area contributed by atoms with Crippen molar-refractivity contribution in [3.8, 4) is 0 Å². The highest BCUT2D eigenvalue weighted by Gasteiger charge is 2.34. The smallest absolute Gasteiger partial charge is 0.268 e. The van der Waals surface area contributed by atoms with Crippen LogP contribution in [0.1, 0.15) is 5.56 Å². The van der Waals surface area contributed by atoms with Gasteiger partial charge < -0.3 is 4.90 Å². The number of hydrogen-bond donors (Lipinski definition) is 1. The molecule has 0 saturated carbocycles. The molecular formula is C23H20N4OS2. The predicted octanol–water partition coefficient (Wildman–Crippen LogP) is 5.11. The Morgan fingerprint density at radius 2 is 1.87 bits per heavy atom. The molecule has 2 aromatic carbocycles. The van der Waals surface area contributed by atoms with Crippen LogP contribution in [0.25, 0.3) is 0 Å². The second-order valence-corrected chi connectivity index (χ2v) is 8.17. The number of para-hydroxylation sites is 1. The fourth-order valence-electron chi connectivity index (χ4n) is 3.03. The number of hydrogen-bond acceptors (Lipinski definition) is 6. The lowest BCUT2D eigenvalue weighted by molar-refractivity contribution is -0.122. The number of aromatic nitrogens is 1. The first-order valence-corrected chi connectivity index (χ1v) is 10.6. The van der Waals surface area contributed by atoms with Gasteiger partial charge in [0.25, 0.3) is 5.91 Å². The summed E-state index contributed by atoms with van der Waals surface area (Å²) < 4.78 is 0. The zero-order valence-electron chi connectivity index (χ0n) is 16.3. The molecule has 3 aromatic rings. The predicted molar refractivity (Wildman–Crippen MR) is 126 cm³/mol. The van der Waals surface area contributed by atoms with Crippen molar-refractivity contribution in [3.63, 3.8) is 0 Å². The summed E-state index contributed by atoms with van der Waals surface area (Å²) in [6.07, 6.45) is 5.23. The van der Waals surface area contributed by atoms with Crippen LogP contribution in [-0.4, -0.2) is 28.0 Å². The fourth-order valence-corrected chi connectivity index (χ4v) is 4.36. The SMILES string of the molecule is CN(/C=C1/SC(=Nc2cccnc2)N(Cc2ccccc2)C1=O)c1ccccc1S. The van der Waals surface area contributed by atoms with Crippen LogP contribution in [0.5, 0.6) is 0 Å². The van der Waals surface area contributed by atoms with Gasteiger partial charge in [-0.3, -0.25) is 14.7 Å². The van der Waals surface area contributed by atoms with E-state index in [1.807, 2.05) is 84.9 Å². The van der Waals surface area contributed by atoms with Gasteiger partial charge in [0.05, 0.1) is 29.0 Å². The van der Waals surface area contributed by atoms with Gasteiger partial charge in [-0.15, -0.1) is 12.6 Å². The van der Waals surface area contributed by atoms with E-state index in [-0.39, 0.29) is 5.91 Å². The molecule has 0 N–H and O–H groups in total. The molecule has 1 saturated heterocycles. The van der Waals surface area contributed by atoms with Gasteiger partial charge in [-0.1, -0.05) is 42.5 Å². The lowest BCUT2D eigenvalue weighted by Crippen LogP contribution is -2.28. The number of amidine groups is 1. The summed E-state index contributed by atoms with van der Waals surface area (Å²) in [5.41, 5.74) is 2.68. The first kappa shape index (κ1) is 20.3. The molecule has 1 aliphatic rings. The number of nitrogens with zero attached hydrogens (tertiary/aromatic N) is 4. The molecule has 0 radical (unpaired) electrons. The number of amides is 1. The quantitative estimate of drug-likeness (QED) is 0.450. The molecule has 30 heavy (non-hydrogen) atoms. The van der Waals surface area contributed by atoms with Crippen LogP contribution >= 0.6 is 24.4 Å². The Bertz CT molecular complexity index is 1100. The Balaban J connectivity index is 1.67. The second kappa shape index (κ2) is 9.19. The number of thiol groups is 1. The molecule has 1 aromatic heterocycles. The Labute approximate surface area is 185 Å². The molecule has 4 rings (SSSR count). The number of thioether (sulfide) groups is 1. The van der Waals surface area contributed by atoms with E-state index in [0.717, 1.165) is 16.1 Å². The first-order chi connectivity index (χ1) is 14.6. The maximum atomic E-state index is 13.3. The van der Waals surface area contributed by atoms with Crippen molar-refractivity contribution >= 4 is 46.8 Å². The van der Waals surface area contributed by atoms with E-state index >= 15 is 0 Å². The van der Waals surface area contributed by atoms with E-state index in [9.17, 15) is 4.79 Å². The van der Waals surface area contributed by atoms with E-state index in [1.54, 1.807) is 17.3 Å². The molecule has 0 bridgehead atoms. The zero-order valence-corrected chi connectivity index (χ0v) is 18.1. The van der Waals surface area contributed by atoms with Crippen LogP contribution in [0.4, 0.5) is 11.4 Å². The summed E-state index contributed by atoms with van der Waals surface area (Å²) >= 11 is 5.88. The van der Waals surface area contributed by atoms with Crippen LogP contribution < -0.4 is 4.90 Å². The highest BCUT2D eigenvalue weighted by Crippen LogP contribution is 2.35. The van der Waals surface area contributed by atoms with Gasteiger partial charge in [0.1, 0.15) is 0 Å². The van der Waals surface area contributed by atoms with Crippen molar-refractivity contribution in [3.05, 3.63) is 95.8 Å². The van der Waals surface area contributed by atoms with Gasteiger partial charge >= 0.3 is 0 Å². The molecule has 0 spiro atoms. The molecule has 7 heteroatoms. The van der Waals surface area contributed by atoms with E-state index in [2.05, 4.69) is 22.6 Å². The van der Waals surface area contributed by atoms with Gasteiger partial charge in [-0.05, 0) is 41.6 Å². The maximum Gasteiger partial charge on any atom is 0.268 e. The van der Waals surface area contributed by atoms with Crippen molar-refractivity contribution in [2.24, 2.45) is 4.99 Å². The molecular weight excluding hydrogens is 412 g/mol. The molecule has 0 aliphatic carbocycles. The summed E-state index contributed by atoms with van der Waals surface area (Å²) in [6, 6.07) is 21.4. The Kier molecular flexibility index (Phi) is 6.21. The van der Waals surface area contributed by atoms with Crippen LogP contribution in [0.15, 0.2) is 100 Å². The van der Waals surface area contributed by atoms with Crippen molar-refractivity contribution in [1.82, 2.24) is 9.88 Å². The summed E-state index contributed by atoms with van der Waals surface area (Å²) in [4.78, 5) is 27.1. The third kappa shape index (κ3) is 4.58. The Hall–Kier alpha value is -3.03. The minimum atomic E-state index is -0.0741. The molecule has 150 valence electrons. The standard InChI is InChI=1S/C23H20N4OS2/c1-26(19-11-5-6-12-20(19)29)16-21-22(28)27(15-17-8-3-2-4-9-17)23(30-21)25-18-10-7-13-24-14-18/h2-14,16,29H,15H2,1H3/b21-16+,25-23?. The molecule has 0 atom stereocenters. The van der Waals surface area contributed by atoms with Crippen LogP contribution in [0, 0.1) is 0 Å². The Morgan fingerprint density at radius 3 is 2.60 bits per heavy atom. The lowest BCUT2D eigenvalue weighted by atomic mass is 10.2. The summed E-state index contributed by atoms with van der Waals surface area (Å²) in [5, 5.41) is 0.635. The van der Waals surface area contributed by atoms with E-state index in [0.29, 0.717) is 22.3 Å². The maximum absolute atomic E-state index is 13.3. The number of aliphatic imine (C=N–C) groups is 1. The van der Waals surface area contributed by atoms with Gasteiger partial charge in [0.15, 0.2) is 5.17 Å². The van der Waals surface area contributed by atoms with E-state index in [1.165, 1.54) is 11.8 Å². The molecule has 5 nitrogen and oxygen atoms in total. The third-order valence-electron chi connectivity index (χ3n) is 4.51. The molecule has 1 amide bonds. The Morgan fingerprint density at radius 1 is 1.10 bits per heavy atom. The van der Waals surface area contributed by atoms with Crippen LogP contribution in [0.3, 0.4) is 0 Å². The molecule has 1 aliphatic heterocycles. The first-order valence-electron chi connectivity index (χ1n) is 9.37. The monoisotopic (exact) mass is 432 g/mol. The third-order valence-corrected chi connectivity index (χ3v) is 5.89. The molecule has 2 heterocycles. The molecule has 0 unspecified atom stereocenters.